The minimum Gasteiger partial charge on any atom is -0.375 e. The molecule has 132 valence electrons. The molecule has 1 aromatic carbocycles. The first kappa shape index (κ1) is 18.0. The molecule has 0 N–H and O–H groups in total. The van der Waals surface area contributed by atoms with Crippen molar-refractivity contribution in [3.8, 4) is 0 Å². The second kappa shape index (κ2) is 9.59. The van der Waals surface area contributed by atoms with Crippen LogP contribution in [-0.4, -0.2) is 47.3 Å². The van der Waals surface area contributed by atoms with Crippen LogP contribution in [0.3, 0.4) is 0 Å². The Hall–Kier alpha value is -1.85. The summed E-state index contributed by atoms with van der Waals surface area (Å²) in [5.41, 5.74) is 1.36. The van der Waals surface area contributed by atoms with E-state index in [2.05, 4.69) is 29.2 Å². The van der Waals surface area contributed by atoms with E-state index in [4.69, 9.17) is 4.74 Å². The highest BCUT2D eigenvalue weighted by atomic mass is 32.2. The number of aromatic nitrogens is 1. The topological polar surface area (TPSA) is 42.4 Å². The molecule has 1 aliphatic rings. The summed E-state index contributed by atoms with van der Waals surface area (Å²) in [7, 11) is 0. The van der Waals surface area contributed by atoms with Gasteiger partial charge in [0.2, 0.25) is 5.91 Å². The van der Waals surface area contributed by atoms with Gasteiger partial charge in [-0.2, -0.15) is 0 Å². The predicted molar refractivity (Wildman–Crippen MR) is 101 cm³/mol. The molecular weight excluding hydrogens is 332 g/mol. The number of thioether (sulfide) groups is 1. The van der Waals surface area contributed by atoms with Crippen LogP contribution in [0.25, 0.3) is 0 Å². The lowest BCUT2D eigenvalue weighted by Gasteiger charge is -2.33. The maximum atomic E-state index is 12.4. The van der Waals surface area contributed by atoms with Crippen LogP contribution in [0.5, 0.6) is 0 Å². The number of nitrogens with zero attached hydrogens (tertiary/aromatic N) is 2. The van der Waals surface area contributed by atoms with Crippen LogP contribution < -0.4 is 0 Å². The average Bonchev–Trinajstić information content (AvgIpc) is 2.68. The lowest BCUT2D eigenvalue weighted by Crippen LogP contribution is -2.46. The van der Waals surface area contributed by atoms with Gasteiger partial charge >= 0.3 is 0 Å². The molecule has 0 bridgehead atoms. The van der Waals surface area contributed by atoms with E-state index in [1.54, 1.807) is 6.20 Å². The molecule has 0 spiro atoms. The Morgan fingerprint density at radius 2 is 2.04 bits per heavy atom. The standard InChI is InChI=1S/C20H24N2O2S/c23-20(16-25-19-11-4-5-12-21-19)22-13-14-24-18(15-22)10-6-9-17-7-2-1-3-8-17/h1-5,7-8,11-12,18H,6,9-10,13-16H2/t18-/m1/s1. The van der Waals surface area contributed by atoms with Gasteiger partial charge in [-0.3, -0.25) is 4.79 Å². The molecule has 4 nitrogen and oxygen atoms in total. The predicted octanol–water partition coefficient (Wildman–Crippen LogP) is 3.42. The second-order valence-electron chi connectivity index (χ2n) is 6.17. The first-order valence-corrected chi connectivity index (χ1v) is 9.77. The van der Waals surface area contributed by atoms with Gasteiger partial charge in [-0.05, 0) is 37.0 Å². The van der Waals surface area contributed by atoms with Crippen molar-refractivity contribution >= 4 is 17.7 Å². The smallest absolute Gasteiger partial charge is 0.233 e. The average molecular weight is 356 g/mol. The lowest BCUT2D eigenvalue weighted by atomic mass is 10.1. The zero-order valence-electron chi connectivity index (χ0n) is 14.3. The fourth-order valence-electron chi connectivity index (χ4n) is 2.96. The molecule has 1 saturated heterocycles. The Balaban J connectivity index is 1.40. The van der Waals surface area contributed by atoms with Crippen molar-refractivity contribution in [2.24, 2.45) is 0 Å². The Morgan fingerprint density at radius 3 is 2.84 bits per heavy atom. The summed E-state index contributed by atoms with van der Waals surface area (Å²) < 4.78 is 5.85. The van der Waals surface area contributed by atoms with Gasteiger partial charge < -0.3 is 9.64 Å². The monoisotopic (exact) mass is 356 g/mol. The number of benzene rings is 1. The van der Waals surface area contributed by atoms with Crippen LogP contribution in [0.2, 0.25) is 0 Å². The van der Waals surface area contributed by atoms with Crippen molar-refractivity contribution in [1.82, 2.24) is 9.88 Å². The van der Waals surface area contributed by atoms with E-state index >= 15 is 0 Å². The largest absolute Gasteiger partial charge is 0.375 e. The Labute approximate surface area is 153 Å². The Morgan fingerprint density at radius 1 is 1.20 bits per heavy atom. The molecule has 5 heteroatoms. The minimum atomic E-state index is 0.154. The molecular formula is C20H24N2O2S. The molecule has 1 aromatic heterocycles. The van der Waals surface area contributed by atoms with Crippen molar-refractivity contribution in [1.29, 1.82) is 0 Å². The van der Waals surface area contributed by atoms with Crippen molar-refractivity contribution < 1.29 is 9.53 Å². The number of hydrogen-bond donors (Lipinski definition) is 0. The molecule has 0 radical (unpaired) electrons. The van der Waals surface area contributed by atoms with Gasteiger partial charge in [0.15, 0.2) is 0 Å². The van der Waals surface area contributed by atoms with E-state index in [0.29, 0.717) is 25.4 Å². The second-order valence-corrected chi connectivity index (χ2v) is 7.16. The quantitative estimate of drug-likeness (QED) is 0.713. The van der Waals surface area contributed by atoms with Gasteiger partial charge in [0.25, 0.3) is 0 Å². The first-order chi connectivity index (χ1) is 12.3. The van der Waals surface area contributed by atoms with Crippen LogP contribution in [0.15, 0.2) is 59.8 Å². The molecule has 25 heavy (non-hydrogen) atoms. The van der Waals surface area contributed by atoms with Crippen molar-refractivity contribution in [3.63, 3.8) is 0 Å². The molecule has 2 heterocycles. The first-order valence-electron chi connectivity index (χ1n) is 8.78. The summed E-state index contributed by atoms with van der Waals surface area (Å²) in [5.74, 6) is 0.611. The van der Waals surface area contributed by atoms with Crippen molar-refractivity contribution in [2.45, 2.75) is 30.4 Å². The Bertz CT molecular complexity index is 651. The summed E-state index contributed by atoms with van der Waals surface area (Å²) in [6.45, 7) is 2.03. The molecule has 2 aromatic rings. The summed E-state index contributed by atoms with van der Waals surface area (Å²) in [5, 5.41) is 0.892. The van der Waals surface area contributed by atoms with E-state index in [-0.39, 0.29) is 12.0 Å². The highest BCUT2D eigenvalue weighted by Gasteiger charge is 2.23. The number of hydrogen-bond acceptors (Lipinski definition) is 4. The number of carbonyl (C=O) groups is 1. The summed E-state index contributed by atoms with van der Waals surface area (Å²) in [6.07, 6.45) is 5.04. The van der Waals surface area contributed by atoms with Crippen LogP contribution in [0, 0.1) is 0 Å². The molecule has 0 unspecified atom stereocenters. The number of carbonyl (C=O) groups excluding carboxylic acids is 1. The van der Waals surface area contributed by atoms with Crippen molar-refractivity contribution in [3.05, 3.63) is 60.3 Å². The number of amides is 1. The summed E-state index contributed by atoms with van der Waals surface area (Å²) in [4.78, 5) is 18.6. The highest BCUT2D eigenvalue weighted by Crippen LogP contribution is 2.17. The third-order valence-electron chi connectivity index (χ3n) is 4.31. The summed E-state index contributed by atoms with van der Waals surface area (Å²) >= 11 is 1.50. The van der Waals surface area contributed by atoms with E-state index < -0.39 is 0 Å². The zero-order valence-corrected chi connectivity index (χ0v) is 15.2. The third-order valence-corrected chi connectivity index (χ3v) is 5.24. The number of pyridine rings is 1. The van der Waals surface area contributed by atoms with Crippen LogP contribution in [0.4, 0.5) is 0 Å². The molecule has 0 saturated carbocycles. The van der Waals surface area contributed by atoms with E-state index in [1.165, 1.54) is 17.3 Å². The number of ether oxygens (including phenoxy) is 1. The van der Waals surface area contributed by atoms with E-state index in [0.717, 1.165) is 24.3 Å². The lowest BCUT2D eigenvalue weighted by molar-refractivity contribution is -0.136. The van der Waals surface area contributed by atoms with Gasteiger partial charge in [-0.25, -0.2) is 4.98 Å². The van der Waals surface area contributed by atoms with Gasteiger partial charge in [-0.15, -0.1) is 0 Å². The van der Waals surface area contributed by atoms with Gasteiger partial charge in [-0.1, -0.05) is 48.2 Å². The number of morpholine rings is 1. The molecule has 0 aliphatic carbocycles. The zero-order chi connectivity index (χ0) is 17.3. The van der Waals surface area contributed by atoms with Gasteiger partial charge in [0.1, 0.15) is 0 Å². The van der Waals surface area contributed by atoms with Crippen molar-refractivity contribution in [2.75, 3.05) is 25.4 Å². The van der Waals surface area contributed by atoms with Gasteiger partial charge in [0.05, 0.1) is 23.5 Å². The molecule has 1 fully saturated rings. The summed E-state index contributed by atoms with van der Waals surface area (Å²) in [6, 6.07) is 16.3. The fourth-order valence-corrected chi connectivity index (χ4v) is 3.72. The Kier molecular flexibility index (Phi) is 6.89. The maximum Gasteiger partial charge on any atom is 0.233 e. The van der Waals surface area contributed by atoms with E-state index in [9.17, 15) is 4.79 Å². The van der Waals surface area contributed by atoms with E-state index in [1.807, 2.05) is 29.2 Å². The molecule has 1 aliphatic heterocycles. The molecule has 1 atom stereocenters. The highest BCUT2D eigenvalue weighted by molar-refractivity contribution is 7.99. The molecule has 1 amide bonds. The maximum absolute atomic E-state index is 12.4. The van der Waals surface area contributed by atoms with Crippen LogP contribution >= 0.6 is 11.8 Å². The SMILES string of the molecule is O=C(CSc1ccccn1)N1CCO[C@H](CCCc2ccccc2)C1. The normalized spacial score (nSPS) is 17.4. The minimum absolute atomic E-state index is 0.154. The van der Waals surface area contributed by atoms with Crippen LogP contribution in [0.1, 0.15) is 18.4 Å². The third kappa shape index (κ3) is 5.87. The number of rotatable bonds is 7. The van der Waals surface area contributed by atoms with Crippen LogP contribution in [-0.2, 0) is 16.0 Å². The van der Waals surface area contributed by atoms with Gasteiger partial charge in [0, 0.05) is 19.3 Å². The number of aryl methyl sites for hydroxylation is 1. The molecule has 3 rings (SSSR count). The fraction of sp³-hybridized carbons (Fsp3) is 0.400.